The first-order valence-electron chi connectivity index (χ1n) is 6.63. The number of hydrogen-bond donors (Lipinski definition) is 6. The quantitative estimate of drug-likeness (QED) is 0.245. The van der Waals surface area contributed by atoms with E-state index in [1.54, 1.807) is 0 Å². The molecule has 8 N–H and O–H groups in total. The number of carbonyl (C=O) groups is 5. The SMILES string of the molecule is CC(N)C(=O)NC(CC(N)=O)C(=O)NC(CCC(=O)O)C(=O)O. The number of aliphatic carboxylic acids is 2. The normalized spacial score (nSPS) is 14.2. The molecule has 0 saturated heterocycles. The number of hydrogen-bond acceptors (Lipinski definition) is 6. The Balaban J connectivity index is 4.96. The van der Waals surface area contributed by atoms with E-state index in [0.717, 1.165) is 0 Å². The van der Waals surface area contributed by atoms with Crippen molar-refractivity contribution in [1.29, 1.82) is 0 Å². The summed E-state index contributed by atoms with van der Waals surface area (Å²) in [6, 6.07) is -3.85. The number of primary amides is 1. The third-order valence-electron chi connectivity index (χ3n) is 2.71. The van der Waals surface area contributed by atoms with Crippen LogP contribution in [0.25, 0.3) is 0 Å². The zero-order valence-corrected chi connectivity index (χ0v) is 12.4. The Morgan fingerprint density at radius 1 is 1.00 bits per heavy atom. The van der Waals surface area contributed by atoms with Crippen LogP contribution in [-0.2, 0) is 24.0 Å². The van der Waals surface area contributed by atoms with Gasteiger partial charge in [0.05, 0.1) is 12.5 Å². The number of carbonyl (C=O) groups excluding carboxylic acids is 3. The Hall–Kier alpha value is -2.69. The van der Waals surface area contributed by atoms with Crippen molar-refractivity contribution >= 4 is 29.7 Å². The molecule has 0 aliphatic carbocycles. The molecule has 11 heteroatoms. The second-order valence-electron chi connectivity index (χ2n) is 4.85. The maximum Gasteiger partial charge on any atom is 0.326 e. The zero-order chi connectivity index (χ0) is 18.2. The Kier molecular flexibility index (Phi) is 8.26. The number of carboxylic acids is 2. The molecule has 3 amide bonds. The molecule has 0 fully saturated rings. The van der Waals surface area contributed by atoms with Crippen molar-refractivity contribution in [3.63, 3.8) is 0 Å². The summed E-state index contributed by atoms with van der Waals surface area (Å²) in [6.45, 7) is 1.35. The highest BCUT2D eigenvalue weighted by atomic mass is 16.4. The molecular formula is C12H20N4O7. The predicted octanol–water partition coefficient (Wildman–Crippen LogP) is -2.87. The van der Waals surface area contributed by atoms with Crippen molar-refractivity contribution < 1.29 is 34.2 Å². The van der Waals surface area contributed by atoms with Crippen molar-refractivity contribution in [1.82, 2.24) is 10.6 Å². The highest BCUT2D eigenvalue weighted by Gasteiger charge is 2.28. The molecule has 11 nitrogen and oxygen atoms in total. The number of amides is 3. The van der Waals surface area contributed by atoms with Gasteiger partial charge in [0.1, 0.15) is 12.1 Å². The summed E-state index contributed by atoms with van der Waals surface area (Å²) in [7, 11) is 0. The summed E-state index contributed by atoms with van der Waals surface area (Å²) in [6.07, 6.45) is -1.40. The van der Waals surface area contributed by atoms with Gasteiger partial charge in [0, 0.05) is 6.42 Å². The summed E-state index contributed by atoms with van der Waals surface area (Å²) < 4.78 is 0. The monoisotopic (exact) mass is 332 g/mol. The zero-order valence-electron chi connectivity index (χ0n) is 12.4. The summed E-state index contributed by atoms with van der Waals surface area (Å²) in [5.74, 6) is -5.28. The van der Waals surface area contributed by atoms with Gasteiger partial charge in [-0.3, -0.25) is 19.2 Å². The van der Waals surface area contributed by atoms with Crippen molar-refractivity contribution in [2.75, 3.05) is 0 Å². The molecule has 0 aromatic rings. The van der Waals surface area contributed by atoms with Crippen LogP contribution in [0.15, 0.2) is 0 Å². The van der Waals surface area contributed by atoms with Crippen LogP contribution in [0.1, 0.15) is 26.2 Å². The van der Waals surface area contributed by atoms with Gasteiger partial charge in [-0.05, 0) is 13.3 Å². The predicted molar refractivity (Wildman–Crippen MR) is 75.8 cm³/mol. The van der Waals surface area contributed by atoms with Crippen LogP contribution in [0.4, 0.5) is 0 Å². The van der Waals surface area contributed by atoms with Crippen molar-refractivity contribution in [2.45, 2.75) is 44.3 Å². The first kappa shape index (κ1) is 20.3. The second kappa shape index (κ2) is 9.35. The lowest BCUT2D eigenvalue weighted by molar-refractivity contribution is -0.143. The minimum atomic E-state index is -1.49. The molecule has 0 aliphatic heterocycles. The lowest BCUT2D eigenvalue weighted by Crippen LogP contribution is -2.55. The fraction of sp³-hybridized carbons (Fsp3) is 0.583. The van der Waals surface area contributed by atoms with E-state index in [1.165, 1.54) is 6.92 Å². The fourth-order valence-corrected chi connectivity index (χ4v) is 1.51. The molecular weight excluding hydrogens is 312 g/mol. The van der Waals surface area contributed by atoms with Crippen LogP contribution in [0.3, 0.4) is 0 Å². The Morgan fingerprint density at radius 3 is 1.91 bits per heavy atom. The number of rotatable bonds is 10. The average molecular weight is 332 g/mol. The minimum Gasteiger partial charge on any atom is -0.481 e. The lowest BCUT2D eigenvalue weighted by atomic mass is 10.1. The molecule has 0 spiro atoms. The number of nitrogens with two attached hydrogens (primary N) is 2. The first-order chi connectivity index (χ1) is 10.5. The number of carboxylic acid groups (broad SMARTS) is 2. The largest absolute Gasteiger partial charge is 0.481 e. The maximum atomic E-state index is 12.0. The third-order valence-corrected chi connectivity index (χ3v) is 2.71. The van der Waals surface area contributed by atoms with Crippen LogP contribution in [0.2, 0.25) is 0 Å². The Labute approximate surface area is 131 Å². The standard InChI is InChI=1S/C12H20N4O7/c1-5(13)10(20)16-7(4-8(14)17)11(21)15-6(12(22)23)2-3-9(18)19/h5-7H,2-4,13H2,1H3,(H2,14,17)(H,15,21)(H,16,20)(H,18,19)(H,22,23). The van der Waals surface area contributed by atoms with E-state index < -0.39 is 60.6 Å². The van der Waals surface area contributed by atoms with Crippen LogP contribution >= 0.6 is 0 Å². The highest BCUT2D eigenvalue weighted by Crippen LogP contribution is 2.01. The van der Waals surface area contributed by atoms with Crippen LogP contribution < -0.4 is 22.1 Å². The molecule has 0 saturated carbocycles. The van der Waals surface area contributed by atoms with E-state index in [2.05, 4.69) is 10.6 Å². The lowest BCUT2D eigenvalue weighted by Gasteiger charge is -2.21. The molecule has 0 radical (unpaired) electrons. The summed E-state index contributed by atoms with van der Waals surface area (Å²) in [5.41, 5.74) is 10.3. The molecule has 0 rings (SSSR count). The van der Waals surface area contributed by atoms with E-state index in [9.17, 15) is 24.0 Å². The van der Waals surface area contributed by atoms with Gasteiger partial charge in [-0.25, -0.2) is 4.79 Å². The van der Waals surface area contributed by atoms with E-state index >= 15 is 0 Å². The molecule has 0 aliphatic rings. The fourth-order valence-electron chi connectivity index (χ4n) is 1.51. The Morgan fingerprint density at radius 2 is 1.52 bits per heavy atom. The van der Waals surface area contributed by atoms with Gasteiger partial charge < -0.3 is 32.3 Å². The summed E-state index contributed by atoms with van der Waals surface area (Å²) in [4.78, 5) is 56.0. The van der Waals surface area contributed by atoms with Gasteiger partial charge in [-0.2, -0.15) is 0 Å². The topological polar surface area (TPSA) is 202 Å². The maximum absolute atomic E-state index is 12.0. The molecule has 23 heavy (non-hydrogen) atoms. The van der Waals surface area contributed by atoms with Crippen LogP contribution in [0, 0.1) is 0 Å². The molecule has 130 valence electrons. The molecule has 0 bridgehead atoms. The average Bonchev–Trinajstić information content (AvgIpc) is 2.40. The van der Waals surface area contributed by atoms with E-state index in [1.807, 2.05) is 0 Å². The van der Waals surface area contributed by atoms with E-state index in [-0.39, 0.29) is 6.42 Å². The minimum absolute atomic E-state index is 0.360. The van der Waals surface area contributed by atoms with Gasteiger partial charge in [-0.15, -0.1) is 0 Å². The van der Waals surface area contributed by atoms with Gasteiger partial charge in [0.15, 0.2) is 0 Å². The van der Waals surface area contributed by atoms with Gasteiger partial charge >= 0.3 is 11.9 Å². The highest BCUT2D eigenvalue weighted by molar-refractivity contribution is 5.94. The molecule has 3 atom stereocenters. The van der Waals surface area contributed by atoms with Crippen molar-refractivity contribution in [3.8, 4) is 0 Å². The van der Waals surface area contributed by atoms with Crippen molar-refractivity contribution in [2.24, 2.45) is 11.5 Å². The molecule has 0 heterocycles. The summed E-state index contributed by atoms with van der Waals surface area (Å²) in [5, 5.41) is 21.7. The molecule has 0 aromatic carbocycles. The van der Waals surface area contributed by atoms with Crippen LogP contribution in [0.5, 0.6) is 0 Å². The van der Waals surface area contributed by atoms with E-state index in [4.69, 9.17) is 21.7 Å². The number of nitrogens with one attached hydrogen (secondary N) is 2. The third kappa shape index (κ3) is 8.36. The second-order valence-corrected chi connectivity index (χ2v) is 4.85. The summed E-state index contributed by atoms with van der Waals surface area (Å²) >= 11 is 0. The molecule has 0 aromatic heterocycles. The first-order valence-corrected chi connectivity index (χ1v) is 6.63. The van der Waals surface area contributed by atoms with E-state index in [0.29, 0.717) is 0 Å². The Bertz CT molecular complexity index is 492. The van der Waals surface area contributed by atoms with Gasteiger partial charge in [0.2, 0.25) is 17.7 Å². The molecule has 3 unspecified atom stereocenters. The smallest absolute Gasteiger partial charge is 0.326 e. The van der Waals surface area contributed by atoms with Gasteiger partial charge in [0.25, 0.3) is 0 Å². The van der Waals surface area contributed by atoms with Gasteiger partial charge in [-0.1, -0.05) is 0 Å². The van der Waals surface area contributed by atoms with Crippen molar-refractivity contribution in [3.05, 3.63) is 0 Å². The van der Waals surface area contributed by atoms with Crippen LogP contribution in [-0.4, -0.2) is 58.0 Å².